The molecule has 0 amide bonds. The van der Waals surface area contributed by atoms with Crippen LogP contribution in [0.5, 0.6) is 0 Å². The Morgan fingerprint density at radius 2 is 1.65 bits per heavy atom. The first-order valence-electron chi connectivity index (χ1n) is 5.97. The minimum atomic E-state index is 0.478. The maximum absolute atomic E-state index is 4.37. The van der Waals surface area contributed by atoms with Gasteiger partial charge in [0.15, 0.2) is 0 Å². The van der Waals surface area contributed by atoms with Gasteiger partial charge in [-0.25, -0.2) is 0 Å². The van der Waals surface area contributed by atoms with Gasteiger partial charge in [-0.2, -0.15) is 0 Å². The van der Waals surface area contributed by atoms with E-state index in [1.165, 1.54) is 22.0 Å². The number of hydrogen-bond acceptors (Lipinski definition) is 0. The van der Waals surface area contributed by atoms with Crippen molar-refractivity contribution in [2.24, 2.45) is 0 Å². The third kappa shape index (κ3) is 2.16. The van der Waals surface area contributed by atoms with Gasteiger partial charge in [0, 0.05) is 0 Å². The van der Waals surface area contributed by atoms with Gasteiger partial charge in [0.2, 0.25) is 0 Å². The van der Waals surface area contributed by atoms with Crippen molar-refractivity contribution >= 4 is 19.4 Å². The van der Waals surface area contributed by atoms with E-state index in [9.17, 15) is 0 Å². The Bertz CT molecular complexity index is 509. The summed E-state index contributed by atoms with van der Waals surface area (Å²) in [6.07, 6.45) is 1.21. The summed E-state index contributed by atoms with van der Waals surface area (Å²) in [6.45, 7) is 0. The summed E-state index contributed by atoms with van der Waals surface area (Å²) in [5.74, 6) is 0. The van der Waals surface area contributed by atoms with E-state index in [0.29, 0.717) is 21.0 Å². The van der Waals surface area contributed by atoms with Crippen molar-refractivity contribution in [2.45, 2.75) is 17.3 Å². The Balaban J connectivity index is 1.81. The second-order valence-electron chi connectivity index (χ2n) is 4.48. The van der Waals surface area contributed by atoms with E-state index >= 15 is 0 Å². The van der Waals surface area contributed by atoms with Gasteiger partial charge in [-0.3, -0.25) is 0 Å². The van der Waals surface area contributed by atoms with Crippen LogP contribution in [0.25, 0.3) is 0 Å². The fraction of sp³-hybridized carbons (Fsp3) is 0.200. The van der Waals surface area contributed by atoms with Crippen LogP contribution in [0.1, 0.15) is 17.2 Å². The van der Waals surface area contributed by atoms with Gasteiger partial charge >= 0.3 is 108 Å². The van der Waals surface area contributed by atoms with E-state index in [4.69, 9.17) is 0 Å². The van der Waals surface area contributed by atoms with E-state index in [2.05, 4.69) is 60.3 Å². The van der Waals surface area contributed by atoms with Crippen LogP contribution in [0.4, 0.5) is 0 Å². The van der Waals surface area contributed by atoms with Gasteiger partial charge in [0.05, 0.1) is 0 Å². The molecule has 3 N–H and O–H groups in total. The zero-order valence-corrected chi connectivity index (χ0v) is 11.4. The Morgan fingerprint density at radius 1 is 0.941 bits per heavy atom. The first-order chi connectivity index (χ1) is 8.34. The zero-order chi connectivity index (χ0) is 11.7. The maximum atomic E-state index is 4.37. The monoisotopic (exact) mass is 290 g/mol. The molecule has 0 bridgehead atoms. The van der Waals surface area contributed by atoms with Crippen molar-refractivity contribution in [3.8, 4) is 0 Å². The average molecular weight is 289 g/mol. The van der Waals surface area contributed by atoms with E-state index < -0.39 is 0 Å². The average Bonchev–Trinajstić information content (AvgIpc) is 2.68. The van der Waals surface area contributed by atoms with E-state index in [1.54, 1.807) is 0 Å². The Hall–Kier alpha value is -1.08. The summed E-state index contributed by atoms with van der Waals surface area (Å²) in [5.41, 5.74) is 7.35. The van der Waals surface area contributed by atoms with Crippen LogP contribution < -0.4 is 10.2 Å². The fourth-order valence-electron chi connectivity index (χ4n) is 2.44. The Morgan fingerprint density at radius 3 is 2.41 bits per heavy atom. The normalized spacial score (nSPS) is 22.4. The molecule has 17 heavy (non-hydrogen) atoms. The summed E-state index contributed by atoms with van der Waals surface area (Å²) in [4.78, 5) is 0.724. The molecule has 2 aromatic rings. The van der Waals surface area contributed by atoms with Crippen molar-refractivity contribution < 1.29 is 5.73 Å². The SMILES string of the molecule is [NH3+][C@H]1c2ccccc2C[C@@H]1[Se]c1ccccc1. The number of quaternary nitrogens is 1. The number of fused-ring (bicyclic) bond motifs is 1. The summed E-state index contributed by atoms with van der Waals surface area (Å²) in [6, 6.07) is 20.1. The Kier molecular flexibility index (Phi) is 3.02. The fourth-order valence-corrected chi connectivity index (χ4v) is 5.04. The summed E-state index contributed by atoms with van der Waals surface area (Å²) < 4.78 is 1.49. The molecule has 0 aromatic heterocycles. The van der Waals surface area contributed by atoms with Gasteiger partial charge in [-0.05, 0) is 0 Å². The van der Waals surface area contributed by atoms with Crippen molar-refractivity contribution in [1.82, 2.24) is 0 Å². The molecule has 0 saturated heterocycles. The van der Waals surface area contributed by atoms with E-state index in [1.807, 2.05) is 0 Å². The first-order valence-corrected chi connectivity index (χ1v) is 7.82. The number of hydrogen-bond donors (Lipinski definition) is 1. The van der Waals surface area contributed by atoms with Crippen molar-refractivity contribution in [2.75, 3.05) is 0 Å². The van der Waals surface area contributed by atoms with Gasteiger partial charge in [0.25, 0.3) is 0 Å². The van der Waals surface area contributed by atoms with Crippen molar-refractivity contribution in [3.05, 3.63) is 65.7 Å². The van der Waals surface area contributed by atoms with Crippen LogP contribution in [0.3, 0.4) is 0 Å². The quantitative estimate of drug-likeness (QED) is 0.808. The third-order valence-electron chi connectivity index (χ3n) is 3.36. The first kappa shape index (κ1) is 11.0. The van der Waals surface area contributed by atoms with Crippen LogP contribution in [-0.4, -0.2) is 15.0 Å². The van der Waals surface area contributed by atoms with Crippen molar-refractivity contribution in [1.29, 1.82) is 0 Å². The molecule has 1 aliphatic carbocycles. The summed E-state index contributed by atoms with van der Waals surface area (Å²) in [7, 11) is 0. The molecule has 2 heteroatoms. The van der Waals surface area contributed by atoms with E-state index in [0.717, 1.165) is 4.82 Å². The van der Waals surface area contributed by atoms with Gasteiger partial charge in [0.1, 0.15) is 0 Å². The van der Waals surface area contributed by atoms with Crippen molar-refractivity contribution in [3.63, 3.8) is 0 Å². The van der Waals surface area contributed by atoms with Crippen LogP contribution in [0.2, 0.25) is 4.82 Å². The molecule has 0 fully saturated rings. The predicted molar refractivity (Wildman–Crippen MR) is 71.4 cm³/mol. The molecule has 0 saturated carbocycles. The molecule has 0 spiro atoms. The molecule has 2 atom stereocenters. The van der Waals surface area contributed by atoms with Gasteiger partial charge < -0.3 is 0 Å². The molecule has 1 nitrogen and oxygen atoms in total. The Labute approximate surface area is 108 Å². The topological polar surface area (TPSA) is 27.6 Å². The summed E-state index contributed by atoms with van der Waals surface area (Å²) >= 11 is 0.534. The minimum absolute atomic E-state index is 0.478. The molecule has 0 heterocycles. The number of rotatable bonds is 2. The molecular formula is C15H16NSe+. The molecule has 3 rings (SSSR count). The predicted octanol–water partition coefficient (Wildman–Crippen LogP) is 1.34. The van der Waals surface area contributed by atoms with E-state index in [-0.39, 0.29) is 0 Å². The second-order valence-corrected chi connectivity index (χ2v) is 7.23. The van der Waals surface area contributed by atoms with Gasteiger partial charge in [-0.1, -0.05) is 0 Å². The molecular weight excluding hydrogens is 273 g/mol. The molecule has 0 unspecified atom stereocenters. The molecule has 2 aromatic carbocycles. The van der Waals surface area contributed by atoms with Crippen LogP contribution in [0.15, 0.2) is 54.6 Å². The molecule has 0 radical (unpaired) electrons. The summed E-state index contributed by atoms with van der Waals surface area (Å²) in [5, 5.41) is 0. The van der Waals surface area contributed by atoms with Crippen LogP contribution >= 0.6 is 0 Å². The molecule has 86 valence electrons. The van der Waals surface area contributed by atoms with Crippen LogP contribution in [0, 0.1) is 0 Å². The zero-order valence-electron chi connectivity index (χ0n) is 9.67. The third-order valence-corrected chi connectivity index (χ3v) is 6.17. The van der Waals surface area contributed by atoms with Crippen LogP contribution in [-0.2, 0) is 6.42 Å². The second kappa shape index (κ2) is 4.66. The number of benzene rings is 2. The van der Waals surface area contributed by atoms with Gasteiger partial charge in [-0.15, -0.1) is 0 Å². The molecule has 0 aliphatic heterocycles. The standard InChI is InChI=1S/C15H15NSe/c16-15-13-9-5-4-6-11(13)10-14(15)17-12-7-2-1-3-8-12/h1-9,14-15H,10,16H2/p+1/t14-,15-/m0/s1. The molecule has 1 aliphatic rings.